The van der Waals surface area contributed by atoms with E-state index < -0.39 is 0 Å². The standard InChI is InChI=1S/C16H20N2OS3/c1-19-12-7-5-11(6-8-12)10-22-13-4-2-3-9-16(13)14(20)17-15(21)18-16/h5-8,13H,2-4,9-10H2,1H3,(H2,17,18,20,21). The first-order chi connectivity index (χ1) is 10.6. The number of hydrogen-bond donors (Lipinski definition) is 2. The Hall–Kier alpha value is -0.850. The van der Waals surface area contributed by atoms with Crippen molar-refractivity contribution >= 4 is 46.3 Å². The lowest BCUT2D eigenvalue weighted by molar-refractivity contribution is 0.373. The second-order valence-corrected chi connectivity index (χ2v) is 7.78. The largest absolute Gasteiger partial charge is 0.497 e. The number of methoxy groups -OCH3 is 1. The number of thiocarbonyl (C=S) groups is 2. The fourth-order valence-corrected chi connectivity index (χ4v) is 5.51. The zero-order valence-electron chi connectivity index (χ0n) is 12.6. The summed E-state index contributed by atoms with van der Waals surface area (Å²) < 4.78 is 5.21. The molecule has 2 unspecified atom stereocenters. The van der Waals surface area contributed by atoms with Crippen molar-refractivity contribution in [2.45, 2.75) is 42.2 Å². The molecule has 3 nitrogen and oxygen atoms in total. The van der Waals surface area contributed by atoms with Gasteiger partial charge >= 0.3 is 0 Å². The van der Waals surface area contributed by atoms with E-state index in [0.717, 1.165) is 22.9 Å². The number of nitrogens with one attached hydrogen (secondary N) is 2. The molecule has 0 aromatic heterocycles. The Kier molecular flexibility index (Phi) is 4.90. The van der Waals surface area contributed by atoms with Gasteiger partial charge in [0.1, 0.15) is 16.3 Å². The van der Waals surface area contributed by atoms with E-state index in [-0.39, 0.29) is 5.54 Å². The van der Waals surface area contributed by atoms with Crippen LogP contribution in [-0.4, -0.2) is 28.0 Å². The minimum atomic E-state index is -0.137. The lowest BCUT2D eigenvalue weighted by Gasteiger charge is -2.40. The third-order valence-electron chi connectivity index (χ3n) is 4.42. The van der Waals surface area contributed by atoms with E-state index in [1.807, 2.05) is 23.9 Å². The van der Waals surface area contributed by atoms with Crippen LogP contribution in [0.2, 0.25) is 0 Å². The average Bonchev–Trinajstić information content (AvgIpc) is 2.81. The fraction of sp³-hybridized carbons (Fsp3) is 0.500. The van der Waals surface area contributed by atoms with Crippen LogP contribution in [0.1, 0.15) is 31.2 Å². The SMILES string of the molecule is COc1ccc(CSC2CCCCC23NC(=S)NC3=S)cc1. The predicted molar refractivity (Wildman–Crippen MR) is 101 cm³/mol. The first-order valence-corrected chi connectivity index (χ1v) is 9.39. The van der Waals surface area contributed by atoms with Crippen LogP contribution in [0.15, 0.2) is 24.3 Å². The van der Waals surface area contributed by atoms with E-state index in [1.54, 1.807) is 7.11 Å². The molecular formula is C16H20N2OS3. The van der Waals surface area contributed by atoms with Gasteiger partial charge in [0.25, 0.3) is 0 Å². The van der Waals surface area contributed by atoms with Gasteiger partial charge in [-0.25, -0.2) is 0 Å². The fourth-order valence-electron chi connectivity index (χ4n) is 3.19. The van der Waals surface area contributed by atoms with E-state index in [2.05, 4.69) is 22.8 Å². The highest BCUT2D eigenvalue weighted by molar-refractivity contribution is 7.99. The highest BCUT2D eigenvalue weighted by Gasteiger charge is 2.48. The summed E-state index contributed by atoms with van der Waals surface area (Å²) in [5, 5.41) is 7.75. The molecule has 1 heterocycles. The van der Waals surface area contributed by atoms with Crippen molar-refractivity contribution in [2.24, 2.45) is 0 Å². The van der Waals surface area contributed by atoms with Crippen LogP contribution in [0.4, 0.5) is 0 Å². The van der Waals surface area contributed by atoms with Gasteiger partial charge in [-0.2, -0.15) is 11.8 Å². The molecule has 2 fully saturated rings. The monoisotopic (exact) mass is 352 g/mol. The molecule has 0 bridgehead atoms. The minimum absolute atomic E-state index is 0.137. The molecule has 118 valence electrons. The highest BCUT2D eigenvalue weighted by atomic mass is 32.2. The van der Waals surface area contributed by atoms with Crippen LogP contribution in [0.3, 0.4) is 0 Å². The van der Waals surface area contributed by atoms with Crippen LogP contribution in [-0.2, 0) is 5.75 Å². The maximum atomic E-state index is 5.58. The summed E-state index contributed by atoms with van der Waals surface area (Å²) in [6, 6.07) is 8.29. The zero-order valence-corrected chi connectivity index (χ0v) is 15.0. The molecule has 2 atom stereocenters. The highest BCUT2D eigenvalue weighted by Crippen LogP contribution is 2.40. The Labute approximate surface area is 146 Å². The van der Waals surface area contributed by atoms with Gasteiger partial charge < -0.3 is 15.4 Å². The third-order valence-corrected chi connectivity index (χ3v) is 6.63. The molecule has 3 rings (SSSR count). The summed E-state index contributed by atoms with van der Waals surface area (Å²) in [6.07, 6.45) is 4.72. The summed E-state index contributed by atoms with van der Waals surface area (Å²) in [5.74, 6) is 1.88. The first kappa shape index (κ1) is 16.0. The molecule has 1 aromatic rings. The van der Waals surface area contributed by atoms with Crippen LogP contribution >= 0.6 is 36.2 Å². The topological polar surface area (TPSA) is 33.3 Å². The average molecular weight is 353 g/mol. The molecule has 1 aliphatic carbocycles. The maximum Gasteiger partial charge on any atom is 0.172 e. The second kappa shape index (κ2) is 6.72. The Balaban J connectivity index is 1.69. The van der Waals surface area contributed by atoms with Crippen molar-refractivity contribution in [3.05, 3.63) is 29.8 Å². The molecule has 2 N–H and O–H groups in total. The molecule has 1 saturated heterocycles. The zero-order chi connectivity index (χ0) is 15.6. The third kappa shape index (κ3) is 3.09. The van der Waals surface area contributed by atoms with Crippen molar-refractivity contribution in [3.63, 3.8) is 0 Å². The number of hydrogen-bond acceptors (Lipinski definition) is 4. The Morgan fingerprint density at radius 1 is 1.27 bits per heavy atom. The van der Waals surface area contributed by atoms with Crippen molar-refractivity contribution in [3.8, 4) is 5.75 Å². The molecular weight excluding hydrogens is 332 g/mol. The summed E-state index contributed by atoms with van der Waals surface area (Å²) >= 11 is 12.8. The number of thioether (sulfide) groups is 1. The Morgan fingerprint density at radius 3 is 2.68 bits per heavy atom. The molecule has 1 aromatic carbocycles. The molecule has 0 radical (unpaired) electrons. The van der Waals surface area contributed by atoms with Crippen molar-refractivity contribution < 1.29 is 4.74 Å². The predicted octanol–water partition coefficient (Wildman–Crippen LogP) is 3.41. The molecule has 1 saturated carbocycles. The van der Waals surface area contributed by atoms with Crippen molar-refractivity contribution in [1.29, 1.82) is 0 Å². The van der Waals surface area contributed by atoms with E-state index in [0.29, 0.717) is 10.4 Å². The minimum Gasteiger partial charge on any atom is -0.497 e. The molecule has 1 spiro atoms. The lowest BCUT2D eigenvalue weighted by Crippen LogP contribution is -2.56. The Morgan fingerprint density at radius 2 is 2.05 bits per heavy atom. The molecule has 22 heavy (non-hydrogen) atoms. The number of benzene rings is 1. The van der Waals surface area contributed by atoms with Crippen LogP contribution in [0.25, 0.3) is 0 Å². The number of ether oxygens (including phenoxy) is 1. The van der Waals surface area contributed by atoms with Crippen LogP contribution in [0.5, 0.6) is 5.75 Å². The second-order valence-electron chi connectivity index (χ2n) is 5.77. The van der Waals surface area contributed by atoms with Crippen molar-refractivity contribution in [2.75, 3.05) is 7.11 Å². The van der Waals surface area contributed by atoms with E-state index in [9.17, 15) is 0 Å². The molecule has 1 aliphatic heterocycles. The summed E-state index contributed by atoms with van der Waals surface area (Å²) in [5.41, 5.74) is 1.17. The molecule has 0 amide bonds. The van der Waals surface area contributed by atoms with Gasteiger partial charge in [-0.15, -0.1) is 0 Å². The van der Waals surface area contributed by atoms with Crippen molar-refractivity contribution in [1.82, 2.24) is 10.6 Å². The Bertz CT molecular complexity index is 575. The van der Waals surface area contributed by atoms with Gasteiger partial charge in [0.15, 0.2) is 5.11 Å². The van der Waals surface area contributed by atoms with E-state index in [4.69, 9.17) is 29.2 Å². The van der Waals surface area contributed by atoms with Gasteiger partial charge in [-0.05, 0) is 42.8 Å². The van der Waals surface area contributed by atoms with Gasteiger partial charge in [0.2, 0.25) is 0 Å². The van der Waals surface area contributed by atoms with Crippen LogP contribution < -0.4 is 15.4 Å². The van der Waals surface area contributed by atoms with Crippen LogP contribution in [0, 0.1) is 0 Å². The molecule has 6 heteroatoms. The summed E-state index contributed by atoms with van der Waals surface area (Å²) in [4.78, 5) is 0.879. The summed E-state index contributed by atoms with van der Waals surface area (Å²) in [7, 11) is 1.69. The first-order valence-electron chi connectivity index (χ1n) is 7.52. The maximum absolute atomic E-state index is 5.58. The van der Waals surface area contributed by atoms with E-state index in [1.165, 1.54) is 24.8 Å². The summed E-state index contributed by atoms with van der Waals surface area (Å²) in [6.45, 7) is 0. The van der Waals surface area contributed by atoms with Gasteiger partial charge in [0, 0.05) is 11.0 Å². The normalized spacial score (nSPS) is 27.6. The van der Waals surface area contributed by atoms with Gasteiger partial charge in [-0.1, -0.05) is 37.2 Å². The molecule has 2 aliphatic rings. The quantitative estimate of drug-likeness (QED) is 0.808. The lowest BCUT2D eigenvalue weighted by atomic mass is 9.82. The van der Waals surface area contributed by atoms with Gasteiger partial charge in [-0.3, -0.25) is 0 Å². The smallest absolute Gasteiger partial charge is 0.172 e. The van der Waals surface area contributed by atoms with E-state index >= 15 is 0 Å². The number of rotatable bonds is 4. The van der Waals surface area contributed by atoms with Gasteiger partial charge in [0.05, 0.1) is 7.11 Å².